The van der Waals surface area contributed by atoms with Crippen LogP contribution in [0.5, 0.6) is 11.5 Å². The minimum Gasteiger partial charge on any atom is -0.496 e. The Hall–Kier alpha value is -1.26. The van der Waals surface area contributed by atoms with E-state index >= 15 is 0 Å². The molecule has 0 aromatic heterocycles. The van der Waals surface area contributed by atoms with Crippen molar-refractivity contribution in [1.82, 2.24) is 0 Å². The lowest BCUT2D eigenvalue weighted by Gasteiger charge is -2.19. The van der Waals surface area contributed by atoms with Gasteiger partial charge in [-0.15, -0.1) is 0 Å². The second kappa shape index (κ2) is 6.47. The summed E-state index contributed by atoms with van der Waals surface area (Å²) in [5.41, 5.74) is 7.75. The van der Waals surface area contributed by atoms with E-state index in [2.05, 4.69) is 6.92 Å². The van der Waals surface area contributed by atoms with Crippen LogP contribution in [-0.2, 0) is 11.3 Å². The van der Waals surface area contributed by atoms with Gasteiger partial charge in [-0.2, -0.15) is 0 Å². The van der Waals surface area contributed by atoms with E-state index in [1.54, 1.807) is 21.3 Å². The minimum atomic E-state index is 0.191. The molecule has 1 aromatic rings. The third kappa shape index (κ3) is 3.11. The Balaban J connectivity index is 3.25. The van der Waals surface area contributed by atoms with Gasteiger partial charge in [0.1, 0.15) is 11.5 Å². The van der Waals surface area contributed by atoms with Crippen molar-refractivity contribution in [2.75, 3.05) is 27.9 Å². The number of rotatable bonds is 6. The number of methoxy groups -OCH3 is 3. The lowest BCUT2D eigenvalue weighted by atomic mass is 9.97. The van der Waals surface area contributed by atoms with Crippen LogP contribution in [0.15, 0.2) is 12.1 Å². The number of ether oxygens (including phenoxy) is 3. The van der Waals surface area contributed by atoms with Crippen LogP contribution in [0.25, 0.3) is 0 Å². The fraction of sp³-hybridized carbons (Fsp3) is 0.538. The van der Waals surface area contributed by atoms with Gasteiger partial charge < -0.3 is 19.9 Å². The highest BCUT2D eigenvalue weighted by Gasteiger charge is 2.17. The van der Waals surface area contributed by atoms with E-state index < -0.39 is 0 Å². The van der Waals surface area contributed by atoms with Gasteiger partial charge in [0.15, 0.2) is 0 Å². The van der Waals surface area contributed by atoms with Gasteiger partial charge in [-0.3, -0.25) is 0 Å². The normalized spacial score (nSPS) is 12.3. The molecule has 0 amide bonds. The Kier molecular flexibility index (Phi) is 5.25. The van der Waals surface area contributed by atoms with Crippen molar-refractivity contribution in [2.24, 2.45) is 5.73 Å². The summed E-state index contributed by atoms with van der Waals surface area (Å²) in [4.78, 5) is 0. The molecule has 0 radical (unpaired) electrons. The largest absolute Gasteiger partial charge is 0.496 e. The van der Waals surface area contributed by atoms with E-state index in [0.29, 0.717) is 13.2 Å². The predicted octanol–water partition coefficient (Wildman–Crippen LogP) is 1.91. The molecule has 0 aliphatic rings. The Morgan fingerprint density at radius 2 is 1.65 bits per heavy atom. The zero-order chi connectivity index (χ0) is 12.8. The van der Waals surface area contributed by atoms with Crippen molar-refractivity contribution in [2.45, 2.75) is 19.4 Å². The molecule has 1 unspecified atom stereocenters. The van der Waals surface area contributed by atoms with Crippen LogP contribution >= 0.6 is 0 Å². The maximum atomic E-state index is 5.71. The molecule has 0 spiro atoms. The Morgan fingerprint density at radius 1 is 1.12 bits per heavy atom. The third-order valence-electron chi connectivity index (χ3n) is 2.76. The molecule has 0 saturated carbocycles. The average molecular weight is 239 g/mol. The summed E-state index contributed by atoms with van der Waals surface area (Å²) in [6.07, 6.45) is 0. The zero-order valence-electron chi connectivity index (χ0n) is 10.9. The summed E-state index contributed by atoms with van der Waals surface area (Å²) >= 11 is 0. The van der Waals surface area contributed by atoms with Crippen molar-refractivity contribution in [3.05, 3.63) is 23.3 Å². The second-order valence-corrected chi connectivity index (χ2v) is 3.98. The molecule has 1 aromatic carbocycles. The topological polar surface area (TPSA) is 53.7 Å². The van der Waals surface area contributed by atoms with Crippen molar-refractivity contribution in [3.8, 4) is 11.5 Å². The molecule has 4 nitrogen and oxygen atoms in total. The third-order valence-corrected chi connectivity index (χ3v) is 2.76. The smallest absolute Gasteiger partial charge is 0.126 e. The molecular formula is C13H21NO3. The van der Waals surface area contributed by atoms with E-state index in [1.807, 2.05) is 12.1 Å². The SMILES string of the molecule is COCc1cc(OC)c(C(C)CN)c(OC)c1. The van der Waals surface area contributed by atoms with Crippen LogP contribution < -0.4 is 15.2 Å². The molecular weight excluding hydrogens is 218 g/mol. The summed E-state index contributed by atoms with van der Waals surface area (Å²) in [6, 6.07) is 3.93. The van der Waals surface area contributed by atoms with Crippen LogP contribution in [0, 0.1) is 0 Å². The van der Waals surface area contributed by atoms with E-state index in [9.17, 15) is 0 Å². The average Bonchev–Trinajstić information content (AvgIpc) is 2.37. The lowest BCUT2D eigenvalue weighted by molar-refractivity contribution is 0.184. The molecule has 96 valence electrons. The monoisotopic (exact) mass is 239 g/mol. The quantitative estimate of drug-likeness (QED) is 0.824. The van der Waals surface area contributed by atoms with E-state index in [-0.39, 0.29) is 5.92 Å². The highest BCUT2D eigenvalue weighted by molar-refractivity contribution is 5.50. The first kappa shape index (κ1) is 13.8. The first-order chi connectivity index (χ1) is 8.17. The van der Waals surface area contributed by atoms with Crippen molar-refractivity contribution < 1.29 is 14.2 Å². The summed E-state index contributed by atoms with van der Waals surface area (Å²) in [5, 5.41) is 0. The van der Waals surface area contributed by atoms with Gasteiger partial charge in [-0.1, -0.05) is 6.92 Å². The van der Waals surface area contributed by atoms with E-state index in [1.165, 1.54) is 0 Å². The lowest BCUT2D eigenvalue weighted by Crippen LogP contribution is -2.12. The van der Waals surface area contributed by atoms with Crippen molar-refractivity contribution in [3.63, 3.8) is 0 Å². The minimum absolute atomic E-state index is 0.191. The molecule has 0 fully saturated rings. The number of hydrogen-bond donors (Lipinski definition) is 1. The summed E-state index contributed by atoms with van der Waals surface area (Å²) in [5.74, 6) is 1.79. The Bertz CT molecular complexity index is 341. The zero-order valence-corrected chi connectivity index (χ0v) is 10.9. The van der Waals surface area contributed by atoms with Gasteiger partial charge in [-0.05, 0) is 24.2 Å². The molecule has 1 atom stereocenters. The molecule has 0 aliphatic heterocycles. The van der Waals surface area contributed by atoms with E-state index in [4.69, 9.17) is 19.9 Å². The first-order valence-corrected chi connectivity index (χ1v) is 5.61. The number of benzene rings is 1. The molecule has 17 heavy (non-hydrogen) atoms. The highest BCUT2D eigenvalue weighted by Crippen LogP contribution is 2.36. The van der Waals surface area contributed by atoms with Gasteiger partial charge in [0.2, 0.25) is 0 Å². The van der Waals surface area contributed by atoms with Gasteiger partial charge in [0, 0.05) is 18.6 Å². The van der Waals surface area contributed by atoms with Crippen LogP contribution in [0.2, 0.25) is 0 Å². The molecule has 1 rings (SSSR count). The molecule has 0 heterocycles. The summed E-state index contributed by atoms with van der Waals surface area (Å²) < 4.78 is 15.9. The van der Waals surface area contributed by atoms with Crippen LogP contribution in [-0.4, -0.2) is 27.9 Å². The van der Waals surface area contributed by atoms with E-state index in [0.717, 1.165) is 22.6 Å². The van der Waals surface area contributed by atoms with Crippen LogP contribution in [0.1, 0.15) is 24.0 Å². The maximum Gasteiger partial charge on any atom is 0.126 e. The number of hydrogen-bond acceptors (Lipinski definition) is 4. The van der Waals surface area contributed by atoms with Gasteiger partial charge >= 0.3 is 0 Å². The fourth-order valence-corrected chi connectivity index (χ4v) is 1.85. The Labute approximate surface area is 103 Å². The standard InChI is InChI=1S/C13H21NO3/c1-9(7-14)13-11(16-3)5-10(8-15-2)6-12(13)17-4/h5-6,9H,7-8,14H2,1-4H3. The summed E-state index contributed by atoms with van der Waals surface area (Å²) in [6.45, 7) is 3.14. The van der Waals surface area contributed by atoms with Crippen LogP contribution in [0.3, 0.4) is 0 Å². The van der Waals surface area contributed by atoms with Crippen molar-refractivity contribution in [1.29, 1.82) is 0 Å². The summed E-state index contributed by atoms with van der Waals surface area (Å²) in [7, 11) is 4.96. The molecule has 4 heteroatoms. The molecule has 0 aliphatic carbocycles. The fourth-order valence-electron chi connectivity index (χ4n) is 1.85. The predicted molar refractivity (Wildman–Crippen MR) is 67.7 cm³/mol. The molecule has 2 N–H and O–H groups in total. The van der Waals surface area contributed by atoms with Gasteiger partial charge in [0.25, 0.3) is 0 Å². The van der Waals surface area contributed by atoms with Crippen molar-refractivity contribution >= 4 is 0 Å². The Morgan fingerprint density at radius 3 is 2.00 bits per heavy atom. The maximum absolute atomic E-state index is 5.71. The van der Waals surface area contributed by atoms with Gasteiger partial charge in [-0.25, -0.2) is 0 Å². The first-order valence-electron chi connectivity index (χ1n) is 5.61. The molecule has 0 bridgehead atoms. The highest BCUT2D eigenvalue weighted by atomic mass is 16.5. The second-order valence-electron chi connectivity index (χ2n) is 3.98. The number of nitrogens with two attached hydrogens (primary N) is 1. The van der Waals surface area contributed by atoms with Gasteiger partial charge in [0.05, 0.1) is 20.8 Å². The molecule has 0 saturated heterocycles. The van der Waals surface area contributed by atoms with Crippen LogP contribution in [0.4, 0.5) is 0 Å².